The van der Waals surface area contributed by atoms with Crippen molar-refractivity contribution in [2.45, 2.75) is 24.2 Å². The topological polar surface area (TPSA) is 92.3 Å². The zero-order valence-electron chi connectivity index (χ0n) is 13.0. The highest BCUT2D eigenvalue weighted by Gasteiger charge is 2.29. The number of nitrogens with one attached hydrogen (secondary N) is 2. The molecule has 0 spiro atoms. The normalized spacial score (nSPS) is 19.0. The fourth-order valence-corrected chi connectivity index (χ4v) is 5.18. The van der Waals surface area contributed by atoms with Gasteiger partial charge in [-0.15, -0.1) is 11.8 Å². The fraction of sp³-hybridized carbons (Fsp3) is 0.467. The van der Waals surface area contributed by atoms with Crippen LogP contribution in [0.25, 0.3) is 0 Å². The third-order valence-electron chi connectivity index (χ3n) is 3.55. The molecule has 24 heavy (non-hydrogen) atoms. The number of hydrogen-bond acceptors (Lipinski definition) is 5. The zero-order chi connectivity index (χ0) is 17.6. The van der Waals surface area contributed by atoms with Crippen molar-refractivity contribution in [2.75, 3.05) is 17.3 Å². The Balaban J connectivity index is 1.60. The highest BCUT2D eigenvalue weighted by Crippen LogP contribution is 2.22. The number of hydrogen-bond donors (Lipinski definition) is 2. The summed E-state index contributed by atoms with van der Waals surface area (Å²) in [6.07, 6.45) is 0.867. The molecule has 6 nitrogen and oxygen atoms in total. The number of carbonyl (C=O) groups is 2. The third kappa shape index (κ3) is 6.70. The summed E-state index contributed by atoms with van der Waals surface area (Å²) in [7, 11) is -2.99. The van der Waals surface area contributed by atoms with Crippen molar-refractivity contribution >= 4 is 45.0 Å². The van der Waals surface area contributed by atoms with E-state index < -0.39 is 9.84 Å². The van der Waals surface area contributed by atoms with Gasteiger partial charge in [0.2, 0.25) is 11.8 Å². The Morgan fingerprint density at radius 2 is 1.83 bits per heavy atom. The van der Waals surface area contributed by atoms with Gasteiger partial charge in [0.15, 0.2) is 9.84 Å². The van der Waals surface area contributed by atoms with Crippen LogP contribution >= 0.6 is 23.4 Å². The van der Waals surface area contributed by atoms with E-state index in [1.54, 1.807) is 12.1 Å². The first-order valence-corrected chi connectivity index (χ1v) is 10.7. The quantitative estimate of drug-likeness (QED) is 0.570. The average molecular weight is 391 g/mol. The molecule has 0 aliphatic carbocycles. The second-order valence-corrected chi connectivity index (χ2v) is 9.46. The molecule has 0 bridgehead atoms. The van der Waals surface area contributed by atoms with Gasteiger partial charge in [0, 0.05) is 28.5 Å². The van der Waals surface area contributed by atoms with Crippen LogP contribution in [0.5, 0.6) is 0 Å². The minimum atomic E-state index is -2.99. The number of thioether (sulfide) groups is 1. The number of rotatable bonds is 6. The first-order chi connectivity index (χ1) is 11.3. The molecule has 0 unspecified atom stereocenters. The van der Waals surface area contributed by atoms with Crippen LogP contribution in [-0.2, 0) is 19.4 Å². The van der Waals surface area contributed by atoms with E-state index in [-0.39, 0.29) is 42.1 Å². The molecule has 0 saturated carbocycles. The maximum absolute atomic E-state index is 11.7. The summed E-state index contributed by atoms with van der Waals surface area (Å²) < 4.78 is 22.7. The van der Waals surface area contributed by atoms with Crippen LogP contribution in [0.2, 0.25) is 5.02 Å². The largest absolute Gasteiger partial charge is 0.273 e. The van der Waals surface area contributed by atoms with Crippen molar-refractivity contribution in [1.29, 1.82) is 0 Å². The van der Waals surface area contributed by atoms with E-state index in [4.69, 9.17) is 11.6 Å². The number of carbonyl (C=O) groups excluding carboxylic acids is 2. The first-order valence-electron chi connectivity index (χ1n) is 7.50. The maximum Gasteiger partial charge on any atom is 0.239 e. The van der Waals surface area contributed by atoms with E-state index in [0.29, 0.717) is 17.2 Å². The zero-order valence-corrected chi connectivity index (χ0v) is 15.3. The number of amides is 2. The molecule has 1 aliphatic rings. The fourth-order valence-electron chi connectivity index (χ4n) is 2.34. The highest BCUT2D eigenvalue weighted by atomic mass is 35.5. The highest BCUT2D eigenvalue weighted by molar-refractivity contribution is 7.99. The molecule has 2 rings (SSSR count). The molecule has 1 atom stereocenters. The molecule has 1 aliphatic heterocycles. The van der Waals surface area contributed by atoms with Crippen molar-refractivity contribution in [3.05, 3.63) is 29.3 Å². The second kappa shape index (κ2) is 8.73. The maximum atomic E-state index is 11.7. The van der Waals surface area contributed by atoms with Crippen LogP contribution < -0.4 is 10.9 Å². The van der Waals surface area contributed by atoms with Crippen molar-refractivity contribution in [3.8, 4) is 0 Å². The van der Waals surface area contributed by atoms with Crippen molar-refractivity contribution in [1.82, 2.24) is 10.9 Å². The minimum Gasteiger partial charge on any atom is -0.273 e. The predicted molar refractivity (Wildman–Crippen MR) is 94.5 cm³/mol. The van der Waals surface area contributed by atoms with E-state index in [1.165, 1.54) is 11.8 Å². The summed E-state index contributed by atoms with van der Waals surface area (Å²) in [5, 5.41) is 0.662. The van der Waals surface area contributed by atoms with Gasteiger partial charge in [-0.3, -0.25) is 20.4 Å². The van der Waals surface area contributed by atoms with E-state index in [0.717, 1.165) is 4.90 Å². The summed E-state index contributed by atoms with van der Waals surface area (Å²) >= 11 is 7.32. The van der Waals surface area contributed by atoms with E-state index in [1.807, 2.05) is 12.1 Å². The second-order valence-electron chi connectivity index (χ2n) is 5.62. The molecule has 1 fully saturated rings. The van der Waals surface area contributed by atoms with Gasteiger partial charge in [0.05, 0.1) is 11.5 Å². The molecule has 1 aromatic rings. The standard InChI is InChI=1S/C15H19ClN2O4S2/c16-12-1-3-13(4-2-12)23-7-5-14(19)17-18-15(20)9-11-6-8-24(21,22)10-11/h1-4,11H,5-10H2,(H,17,19)(H,18,20)/t11-/m0/s1. The summed E-state index contributed by atoms with van der Waals surface area (Å²) in [6.45, 7) is 0. The van der Waals surface area contributed by atoms with E-state index in [2.05, 4.69) is 10.9 Å². The summed E-state index contributed by atoms with van der Waals surface area (Å²) in [5.41, 5.74) is 4.68. The molecule has 0 radical (unpaired) electrons. The van der Waals surface area contributed by atoms with Crippen LogP contribution in [0.3, 0.4) is 0 Å². The van der Waals surface area contributed by atoms with Gasteiger partial charge in [-0.25, -0.2) is 8.42 Å². The summed E-state index contributed by atoms with van der Waals surface area (Å²) in [6, 6.07) is 7.32. The lowest BCUT2D eigenvalue weighted by Gasteiger charge is -2.10. The molecule has 132 valence electrons. The average Bonchev–Trinajstić information content (AvgIpc) is 2.86. The van der Waals surface area contributed by atoms with Crippen LogP contribution in [0.15, 0.2) is 29.2 Å². The first kappa shape index (κ1) is 19.1. The Hall–Kier alpha value is -1.25. The lowest BCUT2D eigenvalue weighted by atomic mass is 10.1. The molecular weight excluding hydrogens is 372 g/mol. The number of benzene rings is 1. The number of sulfone groups is 1. The molecule has 0 aromatic heterocycles. The van der Waals surface area contributed by atoms with Crippen molar-refractivity contribution in [2.24, 2.45) is 5.92 Å². The van der Waals surface area contributed by atoms with Gasteiger partial charge < -0.3 is 0 Å². The van der Waals surface area contributed by atoms with Gasteiger partial charge in [-0.05, 0) is 36.6 Å². The molecule has 2 amide bonds. The molecule has 1 aromatic carbocycles. The van der Waals surface area contributed by atoms with Gasteiger partial charge in [0.25, 0.3) is 0 Å². The number of hydrazine groups is 1. The van der Waals surface area contributed by atoms with Gasteiger partial charge in [-0.2, -0.15) is 0 Å². The molecule has 2 N–H and O–H groups in total. The number of halogens is 1. The predicted octanol–water partition coefficient (Wildman–Crippen LogP) is 1.79. The monoisotopic (exact) mass is 390 g/mol. The Bertz CT molecular complexity index is 692. The Labute approximate surface area is 150 Å². The van der Waals surface area contributed by atoms with Crippen LogP contribution in [-0.4, -0.2) is 37.5 Å². The van der Waals surface area contributed by atoms with E-state index >= 15 is 0 Å². The van der Waals surface area contributed by atoms with Crippen LogP contribution in [0.1, 0.15) is 19.3 Å². The Kier molecular flexibility index (Phi) is 6.94. The summed E-state index contributed by atoms with van der Waals surface area (Å²) in [4.78, 5) is 24.4. The lowest BCUT2D eigenvalue weighted by Crippen LogP contribution is -2.42. The minimum absolute atomic E-state index is 0.0477. The molecule has 9 heteroatoms. The Morgan fingerprint density at radius 3 is 2.46 bits per heavy atom. The smallest absolute Gasteiger partial charge is 0.239 e. The molecular formula is C15H19ClN2O4S2. The third-order valence-corrected chi connectivity index (χ3v) is 6.66. The van der Waals surface area contributed by atoms with Crippen molar-refractivity contribution in [3.63, 3.8) is 0 Å². The van der Waals surface area contributed by atoms with E-state index in [9.17, 15) is 18.0 Å². The van der Waals surface area contributed by atoms with Gasteiger partial charge in [-0.1, -0.05) is 11.6 Å². The Morgan fingerprint density at radius 1 is 1.17 bits per heavy atom. The molecule has 1 heterocycles. The van der Waals surface area contributed by atoms with Gasteiger partial charge in [0.1, 0.15) is 0 Å². The lowest BCUT2D eigenvalue weighted by molar-refractivity contribution is -0.129. The van der Waals surface area contributed by atoms with Crippen LogP contribution in [0.4, 0.5) is 0 Å². The molecule has 1 saturated heterocycles. The van der Waals surface area contributed by atoms with Crippen LogP contribution in [0, 0.1) is 5.92 Å². The summed E-state index contributed by atoms with van der Waals surface area (Å²) in [5.74, 6) is -0.0535. The SMILES string of the molecule is O=C(CCSc1ccc(Cl)cc1)NNC(=O)C[C@@H]1CCS(=O)(=O)C1. The van der Waals surface area contributed by atoms with Gasteiger partial charge >= 0.3 is 0 Å². The van der Waals surface area contributed by atoms with Crippen molar-refractivity contribution < 1.29 is 18.0 Å².